The number of carbonyl (C=O) groups excluding carboxylic acids is 1. The molecule has 9 nitrogen and oxygen atoms in total. The number of hydrogen-bond acceptors (Lipinski definition) is 8. The Hall–Kier alpha value is -3.16. The molecule has 1 aromatic heterocycles. The maximum absolute atomic E-state index is 15.3. The van der Waals surface area contributed by atoms with E-state index in [1.165, 1.54) is 12.4 Å². The summed E-state index contributed by atoms with van der Waals surface area (Å²) in [5.41, 5.74) is 0.644. The normalized spacial score (nSPS) is 21.7. The van der Waals surface area contributed by atoms with Gasteiger partial charge < -0.3 is 24.4 Å². The maximum atomic E-state index is 15.3. The molecule has 4 rings (SSSR count). The summed E-state index contributed by atoms with van der Waals surface area (Å²) in [5.74, 6) is -1.39. The molecule has 0 radical (unpaired) electrons. The first kappa shape index (κ1) is 24.9. The van der Waals surface area contributed by atoms with Gasteiger partial charge in [-0.15, -0.1) is 0 Å². The fraction of sp³-hybridized carbons (Fsp3) is 0.500. The SMILES string of the molecule is CC(C)(C)COC(=O)N1CC2COCC(C1)C2Oc1ncnc(Nc2ccc(C#N)cc2Cl)c1F. The number of likely N-dealkylation sites (tertiary alicyclic amines) is 1. The number of hydrogen-bond donors (Lipinski definition) is 1. The standard InChI is InChI=1S/C24H27ClFN5O4/c1-24(2,3)12-34-23(32)31-8-15-10-33-11-16(9-31)20(15)35-22-19(26)21(28-13-29-22)30-18-5-4-14(7-27)6-17(18)25/h4-6,13,15-16,20H,8-12H2,1-3H3,(H,28,29,30). The molecule has 0 spiro atoms. The Balaban J connectivity index is 1.46. The highest BCUT2D eigenvalue weighted by atomic mass is 35.5. The zero-order valence-electron chi connectivity index (χ0n) is 19.8. The van der Waals surface area contributed by atoms with Gasteiger partial charge in [0.2, 0.25) is 5.82 Å². The van der Waals surface area contributed by atoms with Crippen molar-refractivity contribution >= 4 is 29.2 Å². The van der Waals surface area contributed by atoms with E-state index in [1.807, 2.05) is 26.8 Å². The summed E-state index contributed by atoms with van der Waals surface area (Å²) >= 11 is 6.19. The van der Waals surface area contributed by atoms with Crippen molar-refractivity contribution in [1.82, 2.24) is 14.9 Å². The molecule has 2 aromatic rings. The third-order valence-electron chi connectivity index (χ3n) is 5.75. The van der Waals surface area contributed by atoms with E-state index in [4.69, 9.17) is 31.1 Å². The van der Waals surface area contributed by atoms with Crippen LogP contribution in [0.1, 0.15) is 26.3 Å². The van der Waals surface area contributed by atoms with Crippen LogP contribution in [-0.4, -0.2) is 60.0 Å². The van der Waals surface area contributed by atoms with Gasteiger partial charge >= 0.3 is 6.09 Å². The molecule has 0 aliphatic carbocycles. The minimum Gasteiger partial charge on any atom is -0.471 e. The lowest BCUT2D eigenvalue weighted by molar-refractivity contribution is -0.111. The van der Waals surface area contributed by atoms with Gasteiger partial charge in [0.15, 0.2) is 5.82 Å². The molecule has 2 aliphatic heterocycles. The van der Waals surface area contributed by atoms with E-state index in [0.29, 0.717) is 44.2 Å². The van der Waals surface area contributed by atoms with Crippen LogP contribution < -0.4 is 10.1 Å². The number of fused-ring (bicyclic) bond motifs is 2. The second-order valence-corrected chi connectivity index (χ2v) is 10.3. The second kappa shape index (κ2) is 10.2. The first-order valence-electron chi connectivity index (χ1n) is 11.3. The number of halogens is 2. The van der Waals surface area contributed by atoms with Crippen LogP contribution in [0.5, 0.6) is 5.88 Å². The highest BCUT2D eigenvalue weighted by Gasteiger charge is 2.44. The van der Waals surface area contributed by atoms with Crippen LogP contribution in [0.25, 0.3) is 0 Å². The Kier molecular flexibility index (Phi) is 7.28. The Bertz CT molecular complexity index is 1120. The van der Waals surface area contributed by atoms with Crippen molar-refractivity contribution in [3.8, 4) is 11.9 Å². The van der Waals surface area contributed by atoms with E-state index in [2.05, 4.69) is 15.3 Å². The monoisotopic (exact) mass is 503 g/mol. The van der Waals surface area contributed by atoms with Crippen LogP contribution in [0.15, 0.2) is 24.5 Å². The van der Waals surface area contributed by atoms with Gasteiger partial charge in [-0.1, -0.05) is 32.4 Å². The molecule has 2 saturated heterocycles. The lowest BCUT2D eigenvalue weighted by Crippen LogP contribution is -2.58. The van der Waals surface area contributed by atoms with Gasteiger partial charge in [0.25, 0.3) is 5.88 Å². The van der Waals surface area contributed by atoms with E-state index in [9.17, 15) is 4.79 Å². The summed E-state index contributed by atoms with van der Waals surface area (Å²) in [6, 6.07) is 6.60. The number of amides is 1. The molecule has 2 fully saturated rings. The van der Waals surface area contributed by atoms with E-state index in [1.54, 1.807) is 17.0 Å². The lowest BCUT2D eigenvalue weighted by atomic mass is 9.84. The highest BCUT2D eigenvalue weighted by molar-refractivity contribution is 6.33. The van der Waals surface area contributed by atoms with Crippen LogP contribution in [0.2, 0.25) is 5.02 Å². The Morgan fingerprint density at radius 2 is 2.03 bits per heavy atom. The predicted molar refractivity (Wildman–Crippen MR) is 126 cm³/mol. The van der Waals surface area contributed by atoms with Gasteiger partial charge in [-0.05, 0) is 23.6 Å². The minimum atomic E-state index is -0.765. The number of nitrogens with zero attached hydrogens (tertiary/aromatic N) is 4. The second-order valence-electron chi connectivity index (χ2n) is 9.93. The summed E-state index contributed by atoms with van der Waals surface area (Å²) in [6.07, 6.45) is 0.448. The molecule has 1 N–H and O–H groups in total. The van der Waals surface area contributed by atoms with E-state index < -0.39 is 5.82 Å². The first-order chi connectivity index (χ1) is 16.6. The first-order valence-corrected chi connectivity index (χ1v) is 11.7. The number of nitriles is 1. The molecule has 2 aliphatic rings. The highest BCUT2D eigenvalue weighted by Crippen LogP contribution is 2.34. The molecule has 186 valence electrons. The van der Waals surface area contributed by atoms with Crippen molar-refractivity contribution in [3.05, 3.63) is 40.9 Å². The summed E-state index contributed by atoms with van der Waals surface area (Å²) in [5, 5.41) is 12.1. The van der Waals surface area contributed by atoms with E-state index >= 15 is 4.39 Å². The van der Waals surface area contributed by atoms with Gasteiger partial charge in [0.05, 0.1) is 42.2 Å². The predicted octanol–water partition coefficient (Wildman–Crippen LogP) is 4.39. The van der Waals surface area contributed by atoms with Crippen LogP contribution in [0.4, 0.5) is 20.7 Å². The summed E-state index contributed by atoms with van der Waals surface area (Å²) in [6.45, 7) is 7.82. The zero-order valence-corrected chi connectivity index (χ0v) is 20.5. The molecule has 35 heavy (non-hydrogen) atoms. The molecule has 1 aromatic carbocycles. The molecular formula is C24H27ClFN5O4. The number of piperidine rings is 1. The van der Waals surface area contributed by atoms with Crippen molar-refractivity contribution < 1.29 is 23.4 Å². The quantitative estimate of drug-likeness (QED) is 0.639. The third kappa shape index (κ3) is 5.92. The van der Waals surface area contributed by atoms with Crippen LogP contribution in [0.3, 0.4) is 0 Å². The van der Waals surface area contributed by atoms with Crippen LogP contribution in [-0.2, 0) is 9.47 Å². The number of rotatable bonds is 5. The Labute approximate surface area is 208 Å². The molecular weight excluding hydrogens is 477 g/mol. The molecule has 2 atom stereocenters. The van der Waals surface area contributed by atoms with Crippen LogP contribution in [0, 0.1) is 34.4 Å². The van der Waals surface area contributed by atoms with Gasteiger partial charge in [0.1, 0.15) is 12.4 Å². The molecule has 1 amide bonds. The number of anilines is 2. The summed E-state index contributed by atoms with van der Waals surface area (Å²) < 4.78 is 32.4. The number of benzene rings is 1. The smallest absolute Gasteiger partial charge is 0.409 e. The van der Waals surface area contributed by atoms with Crippen molar-refractivity contribution in [2.45, 2.75) is 26.9 Å². The lowest BCUT2D eigenvalue weighted by Gasteiger charge is -2.45. The van der Waals surface area contributed by atoms with Crippen molar-refractivity contribution in [2.24, 2.45) is 17.3 Å². The average Bonchev–Trinajstić information content (AvgIpc) is 2.80. The zero-order chi connectivity index (χ0) is 25.2. The maximum Gasteiger partial charge on any atom is 0.409 e. The van der Waals surface area contributed by atoms with E-state index in [-0.39, 0.29) is 46.2 Å². The Morgan fingerprint density at radius 1 is 1.31 bits per heavy atom. The molecule has 11 heteroatoms. The number of ether oxygens (including phenoxy) is 3. The number of aromatic nitrogens is 2. The van der Waals surface area contributed by atoms with Gasteiger partial charge in [-0.3, -0.25) is 0 Å². The molecule has 2 bridgehead atoms. The largest absolute Gasteiger partial charge is 0.471 e. The molecule has 2 unspecified atom stereocenters. The summed E-state index contributed by atoms with van der Waals surface area (Å²) in [7, 11) is 0. The van der Waals surface area contributed by atoms with Crippen molar-refractivity contribution in [2.75, 3.05) is 38.2 Å². The fourth-order valence-electron chi connectivity index (χ4n) is 4.08. The van der Waals surface area contributed by atoms with Crippen molar-refractivity contribution in [3.63, 3.8) is 0 Å². The van der Waals surface area contributed by atoms with Gasteiger partial charge in [-0.25, -0.2) is 9.78 Å². The molecule has 3 heterocycles. The minimum absolute atomic E-state index is 0.105. The number of nitrogens with one attached hydrogen (secondary N) is 1. The fourth-order valence-corrected chi connectivity index (χ4v) is 4.30. The molecule has 0 saturated carbocycles. The topological polar surface area (TPSA) is 110 Å². The number of carbonyl (C=O) groups is 1. The third-order valence-corrected chi connectivity index (χ3v) is 6.06. The van der Waals surface area contributed by atoms with Gasteiger partial charge in [-0.2, -0.15) is 14.6 Å². The van der Waals surface area contributed by atoms with Crippen molar-refractivity contribution in [1.29, 1.82) is 5.26 Å². The van der Waals surface area contributed by atoms with Gasteiger partial charge in [0, 0.05) is 24.9 Å². The van der Waals surface area contributed by atoms with Crippen LogP contribution >= 0.6 is 11.6 Å². The van der Waals surface area contributed by atoms with E-state index in [0.717, 1.165) is 0 Å². The average molecular weight is 504 g/mol. The Morgan fingerprint density at radius 3 is 2.66 bits per heavy atom. The summed E-state index contributed by atoms with van der Waals surface area (Å²) in [4.78, 5) is 22.2.